The van der Waals surface area contributed by atoms with E-state index < -0.39 is 17.6 Å². The fourth-order valence-corrected chi connectivity index (χ4v) is 1.33. The third-order valence-electron chi connectivity index (χ3n) is 2.27. The van der Waals surface area contributed by atoms with Crippen LogP contribution in [0.25, 0.3) is 0 Å². The van der Waals surface area contributed by atoms with E-state index in [0.29, 0.717) is 11.1 Å². The quantitative estimate of drug-likeness (QED) is 0.614. The highest BCUT2D eigenvalue weighted by Crippen LogP contribution is 2.19. The molecule has 1 rings (SSSR count). The lowest BCUT2D eigenvalue weighted by Crippen LogP contribution is -2.38. The van der Waals surface area contributed by atoms with Gasteiger partial charge < -0.3 is 4.74 Å². The first-order valence-electron chi connectivity index (χ1n) is 5.23. The van der Waals surface area contributed by atoms with Crippen molar-refractivity contribution >= 4 is 17.6 Å². The summed E-state index contributed by atoms with van der Waals surface area (Å²) in [5, 5.41) is 4.32. The van der Waals surface area contributed by atoms with Crippen LogP contribution < -0.4 is 0 Å². The van der Waals surface area contributed by atoms with Gasteiger partial charge >= 0.3 is 5.97 Å². The number of carbonyl (C=O) groups is 1. The molecule has 1 aromatic heterocycles. The average Bonchev–Trinajstić information content (AvgIpc) is 2.71. The summed E-state index contributed by atoms with van der Waals surface area (Å²) in [5.41, 5.74) is -1.04. The van der Waals surface area contributed by atoms with Crippen LogP contribution >= 0.6 is 11.6 Å². The van der Waals surface area contributed by atoms with E-state index in [4.69, 9.17) is 16.3 Å². The molecule has 0 aliphatic heterocycles. The maximum atomic E-state index is 11.8. The summed E-state index contributed by atoms with van der Waals surface area (Å²) in [6.45, 7) is 3.10. The average molecular weight is 279 g/mol. The number of halogens is 3. The van der Waals surface area contributed by atoms with Crippen LogP contribution in [0.2, 0.25) is 5.02 Å². The van der Waals surface area contributed by atoms with Gasteiger partial charge in [0.15, 0.2) is 5.54 Å². The molecule has 18 heavy (non-hydrogen) atoms. The maximum absolute atomic E-state index is 11.8. The van der Waals surface area contributed by atoms with E-state index in [1.165, 1.54) is 17.1 Å². The zero-order valence-electron chi connectivity index (χ0n) is 9.99. The van der Waals surface area contributed by atoms with Crippen LogP contribution in [0, 0.1) is 0 Å². The fourth-order valence-electron chi connectivity index (χ4n) is 1.20. The van der Waals surface area contributed by atoms with Crippen molar-refractivity contribution in [3.8, 4) is 0 Å². The first kappa shape index (κ1) is 14.6. The normalized spacial score (nSPS) is 11.2. The van der Waals surface area contributed by atoms with Crippen molar-refractivity contribution in [3.05, 3.63) is 29.6 Å². The van der Waals surface area contributed by atoms with Crippen molar-refractivity contribution in [1.29, 1.82) is 0 Å². The van der Waals surface area contributed by atoms with E-state index in [2.05, 4.69) is 5.10 Å². The van der Waals surface area contributed by atoms with Crippen LogP contribution in [0.3, 0.4) is 0 Å². The Labute approximate surface area is 108 Å². The number of aromatic nitrogens is 2. The molecule has 1 heterocycles. The Balaban J connectivity index is 2.57. The highest BCUT2D eigenvalue weighted by Gasteiger charge is 2.32. The van der Waals surface area contributed by atoms with Crippen molar-refractivity contribution in [2.75, 3.05) is 6.61 Å². The summed E-state index contributed by atoms with van der Waals surface area (Å²) in [6, 6.07) is 0. The minimum absolute atomic E-state index is 0.0238. The third kappa shape index (κ3) is 3.80. The van der Waals surface area contributed by atoms with Gasteiger partial charge in [0, 0.05) is 12.6 Å². The SMILES string of the molecule is CC(C)(C(=O)OCCC=C(F)F)n1cc(Cl)cn1. The molecule has 100 valence electrons. The number of carbonyl (C=O) groups excluding carboxylic acids is 1. The first-order valence-corrected chi connectivity index (χ1v) is 5.61. The third-order valence-corrected chi connectivity index (χ3v) is 2.47. The topological polar surface area (TPSA) is 44.1 Å². The molecule has 4 nitrogen and oxygen atoms in total. The molecule has 0 aliphatic carbocycles. The molecule has 0 radical (unpaired) electrons. The maximum Gasteiger partial charge on any atom is 0.333 e. The Morgan fingerprint density at radius 3 is 2.78 bits per heavy atom. The van der Waals surface area contributed by atoms with Crippen LogP contribution in [-0.2, 0) is 15.1 Å². The fraction of sp³-hybridized carbons (Fsp3) is 0.455. The number of esters is 1. The number of nitrogens with zero attached hydrogens (tertiary/aromatic N) is 2. The van der Waals surface area contributed by atoms with Gasteiger partial charge in [0.1, 0.15) is 0 Å². The van der Waals surface area contributed by atoms with Gasteiger partial charge in [-0.25, -0.2) is 4.79 Å². The van der Waals surface area contributed by atoms with Crippen molar-refractivity contribution in [1.82, 2.24) is 9.78 Å². The molecule has 1 aromatic rings. The van der Waals surface area contributed by atoms with Crippen LogP contribution in [0.4, 0.5) is 8.78 Å². The molecule has 0 saturated heterocycles. The van der Waals surface area contributed by atoms with Gasteiger partial charge in [-0.05, 0) is 19.9 Å². The number of hydrogen-bond acceptors (Lipinski definition) is 3. The first-order chi connectivity index (χ1) is 8.34. The summed E-state index contributed by atoms with van der Waals surface area (Å²) in [6.07, 6.45) is 1.78. The molecular formula is C11H13ClF2N2O2. The minimum atomic E-state index is -1.79. The second-order valence-electron chi connectivity index (χ2n) is 4.08. The van der Waals surface area contributed by atoms with Gasteiger partial charge in [0.05, 0.1) is 17.8 Å². The lowest BCUT2D eigenvalue weighted by Gasteiger charge is -2.22. The molecule has 0 unspecified atom stereocenters. The van der Waals surface area contributed by atoms with E-state index >= 15 is 0 Å². The zero-order chi connectivity index (χ0) is 13.8. The summed E-state index contributed by atoms with van der Waals surface area (Å²) in [7, 11) is 0. The molecule has 0 amide bonds. The highest BCUT2D eigenvalue weighted by molar-refractivity contribution is 6.30. The number of rotatable bonds is 5. The zero-order valence-corrected chi connectivity index (χ0v) is 10.7. The second-order valence-corrected chi connectivity index (χ2v) is 4.52. The van der Waals surface area contributed by atoms with Gasteiger partial charge in [0.2, 0.25) is 0 Å². The molecule has 0 N–H and O–H groups in total. The van der Waals surface area contributed by atoms with E-state index in [0.717, 1.165) is 0 Å². The molecule has 7 heteroatoms. The minimum Gasteiger partial charge on any atom is -0.464 e. The lowest BCUT2D eigenvalue weighted by molar-refractivity contribution is -0.153. The van der Waals surface area contributed by atoms with Gasteiger partial charge in [0.25, 0.3) is 6.08 Å². The van der Waals surface area contributed by atoms with E-state index in [9.17, 15) is 13.6 Å². The molecule has 0 atom stereocenters. The van der Waals surface area contributed by atoms with Crippen molar-refractivity contribution in [2.45, 2.75) is 25.8 Å². The molecule has 0 spiro atoms. The molecule has 0 aliphatic rings. The Bertz CT molecular complexity index is 454. The summed E-state index contributed by atoms with van der Waals surface area (Å²) >= 11 is 5.71. The number of hydrogen-bond donors (Lipinski definition) is 0. The van der Waals surface area contributed by atoms with E-state index in [1.807, 2.05) is 0 Å². The van der Waals surface area contributed by atoms with Crippen LogP contribution in [-0.4, -0.2) is 22.4 Å². The lowest BCUT2D eigenvalue weighted by atomic mass is 10.1. The molecule has 0 aromatic carbocycles. The smallest absolute Gasteiger partial charge is 0.333 e. The molecule has 0 saturated carbocycles. The van der Waals surface area contributed by atoms with Crippen LogP contribution in [0.1, 0.15) is 20.3 Å². The van der Waals surface area contributed by atoms with E-state index in [-0.39, 0.29) is 13.0 Å². The summed E-state index contributed by atoms with van der Waals surface area (Å²) in [4.78, 5) is 11.8. The van der Waals surface area contributed by atoms with Gasteiger partial charge in [-0.2, -0.15) is 13.9 Å². The van der Waals surface area contributed by atoms with Crippen molar-refractivity contribution < 1.29 is 18.3 Å². The van der Waals surface area contributed by atoms with Gasteiger partial charge in [-0.3, -0.25) is 4.68 Å². The summed E-state index contributed by atoms with van der Waals surface area (Å²) < 4.78 is 29.8. The van der Waals surface area contributed by atoms with Crippen molar-refractivity contribution in [2.24, 2.45) is 0 Å². The molecule has 0 fully saturated rings. The van der Waals surface area contributed by atoms with E-state index in [1.54, 1.807) is 13.8 Å². The predicted octanol–water partition coefficient (Wildman–Crippen LogP) is 2.99. The Kier molecular flexibility index (Phi) is 4.84. The largest absolute Gasteiger partial charge is 0.464 e. The van der Waals surface area contributed by atoms with Crippen LogP contribution in [0.5, 0.6) is 0 Å². The number of ether oxygens (including phenoxy) is 1. The Morgan fingerprint density at radius 2 is 2.28 bits per heavy atom. The Hall–Kier alpha value is -1.43. The predicted molar refractivity (Wildman–Crippen MR) is 62.4 cm³/mol. The molecular weight excluding hydrogens is 266 g/mol. The van der Waals surface area contributed by atoms with Gasteiger partial charge in [-0.15, -0.1) is 0 Å². The summed E-state index contributed by atoms with van der Waals surface area (Å²) in [5.74, 6) is -0.560. The highest BCUT2D eigenvalue weighted by atomic mass is 35.5. The van der Waals surface area contributed by atoms with Crippen molar-refractivity contribution in [3.63, 3.8) is 0 Å². The Morgan fingerprint density at radius 1 is 1.61 bits per heavy atom. The molecule has 0 bridgehead atoms. The standard InChI is InChI=1S/C11H13ClF2N2O2/c1-11(2,16-7-8(12)6-15-16)10(17)18-5-3-4-9(13)14/h4,6-7H,3,5H2,1-2H3. The van der Waals surface area contributed by atoms with Crippen LogP contribution in [0.15, 0.2) is 24.6 Å². The second kappa shape index (κ2) is 5.95. The monoisotopic (exact) mass is 278 g/mol. The van der Waals surface area contributed by atoms with Gasteiger partial charge in [-0.1, -0.05) is 11.6 Å².